The predicted octanol–water partition coefficient (Wildman–Crippen LogP) is 2.14. The molecule has 0 aromatic rings. The highest BCUT2D eigenvalue weighted by atomic mass is 33.5. The molecule has 0 unspecified atom stereocenters. The molecule has 0 N–H and O–H groups in total. The summed E-state index contributed by atoms with van der Waals surface area (Å²) in [7, 11) is 9.63. The van der Waals surface area contributed by atoms with Crippen LogP contribution in [0.1, 0.15) is 0 Å². The highest BCUT2D eigenvalue weighted by molar-refractivity contribution is 9.19. The Morgan fingerprint density at radius 2 is 0.750 bits per heavy atom. The van der Waals surface area contributed by atoms with E-state index in [0.717, 1.165) is 91.3 Å². The molecule has 136 valence electrons. The normalized spacial score (nSPS) is 19.2. The molecule has 0 aromatic heterocycles. The van der Waals surface area contributed by atoms with Crippen LogP contribution in [-0.4, -0.2) is 60.5 Å². The largest absolute Gasteiger partial charge is 0.467 e. The van der Waals surface area contributed by atoms with Crippen molar-refractivity contribution < 1.29 is 38.1 Å². The van der Waals surface area contributed by atoms with E-state index in [9.17, 15) is 19.2 Å². The summed E-state index contributed by atoms with van der Waals surface area (Å²) in [4.78, 5) is 48.4. The van der Waals surface area contributed by atoms with E-state index in [-0.39, 0.29) is 0 Å². The topological polar surface area (TPSA) is 105 Å². The molecule has 0 aromatic carbocycles. The Hall–Kier alpha value is -0.0200. The molecule has 1 rings (SSSR count). The van der Waals surface area contributed by atoms with Crippen molar-refractivity contribution in [2.75, 3.05) is 28.4 Å². The van der Waals surface area contributed by atoms with Crippen molar-refractivity contribution in [1.29, 1.82) is 0 Å². The molecule has 0 amide bonds. The van der Waals surface area contributed by atoms with Crippen LogP contribution in [0.3, 0.4) is 0 Å². The van der Waals surface area contributed by atoms with Gasteiger partial charge in [0.15, 0.2) is 0 Å². The maximum atomic E-state index is 12.1. The minimum absolute atomic E-state index is 0.811. The lowest BCUT2D eigenvalue weighted by atomic mass is 10.4. The molecular weight excluding hydrogens is 441 g/mol. The zero-order valence-electron chi connectivity index (χ0n) is 12.7. The van der Waals surface area contributed by atoms with Gasteiger partial charge < -0.3 is 18.9 Å². The van der Waals surface area contributed by atoms with Crippen molar-refractivity contribution >= 4 is 86.7 Å². The minimum atomic E-state index is -1.70. The summed E-state index contributed by atoms with van der Waals surface area (Å²) < 4.78 is 15.4. The first-order chi connectivity index (χ1) is 11.3. The standard InChI is InChI=1S/C10H12O8S6/c1-15-5(11)9(6(12)16-2)19-23-21-10(7(13)17-3,8(14)18-4)22-24-20-9/h1-4H3. The van der Waals surface area contributed by atoms with Gasteiger partial charge in [0.2, 0.25) is 0 Å². The van der Waals surface area contributed by atoms with E-state index in [1.54, 1.807) is 0 Å². The molecule has 1 aliphatic heterocycles. The number of carbonyl (C=O) groups excluding carboxylic acids is 4. The van der Waals surface area contributed by atoms with Crippen LogP contribution in [0.25, 0.3) is 0 Å². The summed E-state index contributed by atoms with van der Waals surface area (Å²) in [5.74, 6) is -3.24. The second kappa shape index (κ2) is 9.62. The Balaban J connectivity index is 3.12. The number of methoxy groups -OCH3 is 4. The lowest BCUT2D eigenvalue weighted by Gasteiger charge is -2.31. The fraction of sp³-hybridized carbons (Fsp3) is 0.600. The van der Waals surface area contributed by atoms with E-state index in [1.165, 1.54) is 0 Å². The average Bonchev–Trinajstić information content (AvgIpc) is 2.59. The third-order valence-corrected chi connectivity index (χ3v) is 13.5. The number of hydrogen-bond acceptors (Lipinski definition) is 14. The molecular formula is C10H12O8S6. The third kappa shape index (κ3) is 4.20. The maximum Gasteiger partial charge on any atom is 0.345 e. The first-order valence-electron chi connectivity index (χ1n) is 5.75. The van der Waals surface area contributed by atoms with Gasteiger partial charge in [-0.25, -0.2) is 19.2 Å². The highest BCUT2D eigenvalue weighted by Gasteiger charge is 2.58. The summed E-state index contributed by atoms with van der Waals surface area (Å²) in [6.45, 7) is 0. The first-order valence-corrected chi connectivity index (χ1v) is 12.7. The summed E-state index contributed by atoms with van der Waals surface area (Å²) >= 11 is 0. The third-order valence-electron chi connectivity index (χ3n) is 2.42. The number of hydrogen-bond donors (Lipinski definition) is 0. The first kappa shape index (κ1) is 22.0. The Bertz CT molecular complexity index is 435. The fourth-order valence-electron chi connectivity index (χ4n) is 1.23. The van der Waals surface area contributed by atoms with E-state index in [1.807, 2.05) is 0 Å². The maximum absolute atomic E-state index is 12.1. The molecule has 24 heavy (non-hydrogen) atoms. The molecule has 1 aliphatic rings. The van der Waals surface area contributed by atoms with Crippen LogP contribution in [0.15, 0.2) is 0 Å². The van der Waals surface area contributed by atoms with Gasteiger partial charge in [-0.05, 0) is 62.8 Å². The quantitative estimate of drug-likeness (QED) is 0.269. The van der Waals surface area contributed by atoms with Crippen molar-refractivity contribution in [3.63, 3.8) is 0 Å². The fourth-order valence-corrected chi connectivity index (χ4v) is 15.2. The van der Waals surface area contributed by atoms with Crippen LogP contribution in [0, 0.1) is 0 Å². The van der Waals surface area contributed by atoms with Gasteiger partial charge in [0.25, 0.3) is 8.16 Å². The van der Waals surface area contributed by atoms with E-state index in [0.29, 0.717) is 0 Å². The van der Waals surface area contributed by atoms with Crippen LogP contribution >= 0.6 is 62.8 Å². The molecule has 1 heterocycles. The van der Waals surface area contributed by atoms with Gasteiger partial charge in [-0.2, -0.15) is 0 Å². The van der Waals surface area contributed by atoms with Gasteiger partial charge in [-0.15, -0.1) is 0 Å². The molecule has 1 fully saturated rings. The Kier molecular flexibility index (Phi) is 8.82. The van der Waals surface area contributed by atoms with Crippen LogP contribution in [0.4, 0.5) is 0 Å². The van der Waals surface area contributed by atoms with Gasteiger partial charge in [-0.3, -0.25) is 0 Å². The van der Waals surface area contributed by atoms with Crippen molar-refractivity contribution in [2.24, 2.45) is 0 Å². The summed E-state index contributed by atoms with van der Waals surface area (Å²) in [5.41, 5.74) is 0. The number of rotatable bonds is 4. The molecule has 8 nitrogen and oxygen atoms in total. The SMILES string of the molecule is COC(=O)C1(C(=O)OC)SSSC(C(=O)OC)(C(=O)OC)SSS1. The van der Waals surface area contributed by atoms with Crippen molar-refractivity contribution in [3.8, 4) is 0 Å². The van der Waals surface area contributed by atoms with Crippen molar-refractivity contribution in [2.45, 2.75) is 8.16 Å². The minimum Gasteiger partial charge on any atom is -0.467 e. The van der Waals surface area contributed by atoms with Crippen LogP contribution in [0.5, 0.6) is 0 Å². The number of esters is 4. The molecule has 14 heteroatoms. The molecule has 0 bridgehead atoms. The average molecular weight is 453 g/mol. The lowest BCUT2D eigenvalue weighted by Crippen LogP contribution is -2.43. The molecule has 0 spiro atoms. The summed E-state index contributed by atoms with van der Waals surface area (Å²) in [6, 6.07) is 0. The Labute approximate surface area is 160 Å². The molecule has 0 saturated carbocycles. The predicted molar refractivity (Wildman–Crippen MR) is 99.1 cm³/mol. The molecule has 0 radical (unpaired) electrons. The van der Waals surface area contributed by atoms with E-state index >= 15 is 0 Å². The van der Waals surface area contributed by atoms with E-state index in [4.69, 9.17) is 18.9 Å². The van der Waals surface area contributed by atoms with Crippen molar-refractivity contribution in [3.05, 3.63) is 0 Å². The Morgan fingerprint density at radius 1 is 0.542 bits per heavy atom. The van der Waals surface area contributed by atoms with Crippen LogP contribution < -0.4 is 0 Å². The molecule has 0 aliphatic carbocycles. The second-order valence-electron chi connectivity index (χ2n) is 3.67. The van der Waals surface area contributed by atoms with Crippen LogP contribution in [0.2, 0.25) is 0 Å². The second-order valence-corrected chi connectivity index (χ2v) is 12.8. The Morgan fingerprint density at radius 3 is 0.917 bits per heavy atom. The summed E-state index contributed by atoms with van der Waals surface area (Å²) in [5, 5.41) is 0. The highest BCUT2D eigenvalue weighted by Crippen LogP contribution is 2.66. The molecule has 0 atom stereocenters. The van der Waals surface area contributed by atoms with Gasteiger partial charge >= 0.3 is 23.9 Å². The monoisotopic (exact) mass is 452 g/mol. The van der Waals surface area contributed by atoms with Gasteiger partial charge in [0.1, 0.15) is 0 Å². The van der Waals surface area contributed by atoms with E-state index in [2.05, 4.69) is 0 Å². The van der Waals surface area contributed by atoms with Crippen molar-refractivity contribution in [1.82, 2.24) is 0 Å². The van der Waals surface area contributed by atoms with Gasteiger partial charge in [-0.1, -0.05) is 0 Å². The number of carbonyl (C=O) groups is 4. The van der Waals surface area contributed by atoms with Crippen LogP contribution in [-0.2, 0) is 38.1 Å². The molecule has 1 saturated heterocycles. The smallest absolute Gasteiger partial charge is 0.345 e. The zero-order valence-corrected chi connectivity index (χ0v) is 17.6. The number of ether oxygens (including phenoxy) is 4. The lowest BCUT2D eigenvalue weighted by molar-refractivity contribution is -0.153. The van der Waals surface area contributed by atoms with Gasteiger partial charge in [0.05, 0.1) is 28.4 Å². The van der Waals surface area contributed by atoms with Gasteiger partial charge in [0, 0.05) is 0 Å². The summed E-state index contributed by atoms with van der Waals surface area (Å²) in [6.07, 6.45) is 0. The zero-order chi connectivity index (χ0) is 18.4. The van der Waals surface area contributed by atoms with E-state index < -0.39 is 32.0 Å².